The van der Waals surface area contributed by atoms with Gasteiger partial charge in [-0.1, -0.05) is 58.0 Å². The molecule has 5 heterocycles. The van der Waals surface area contributed by atoms with Crippen molar-refractivity contribution in [3.63, 3.8) is 0 Å². The number of carbonyl (C=O) groups is 4. The average molecular weight is 791 g/mol. The van der Waals surface area contributed by atoms with E-state index in [2.05, 4.69) is 41.6 Å². The van der Waals surface area contributed by atoms with E-state index in [0.29, 0.717) is 24.7 Å². The van der Waals surface area contributed by atoms with Crippen molar-refractivity contribution in [1.29, 1.82) is 0 Å². The average Bonchev–Trinajstić information content (AvgIpc) is 4.07. The highest BCUT2D eigenvalue weighted by Crippen LogP contribution is 2.35. The zero-order chi connectivity index (χ0) is 41.1. The lowest BCUT2D eigenvalue weighted by molar-refractivity contribution is -0.136. The minimum absolute atomic E-state index is 0.113. The molecule has 3 aromatic heterocycles. The maximum absolute atomic E-state index is 13.6. The molecule has 5 aromatic rings. The molecule has 4 atom stereocenters. The summed E-state index contributed by atoms with van der Waals surface area (Å²) in [7, 11) is 2.57. The fourth-order valence-electron chi connectivity index (χ4n) is 7.83. The lowest BCUT2D eigenvalue weighted by Crippen LogP contribution is -2.51. The van der Waals surface area contributed by atoms with Crippen LogP contribution in [0.1, 0.15) is 77.1 Å². The SMILES string of the molecule is COC(=O)NC(C(=O)N1CCC[C@H]1c1ncc(-c2cnc(-c3ccc(-c4ccc5nc([C@@H]6CCCN6C(=O)[C@@H](NC(=O)OC)C(C)C)[nH]c5c4)cc3)nc2)[nH]1)C(C)C. The van der Waals surface area contributed by atoms with Crippen LogP contribution in [0.3, 0.4) is 0 Å². The fourth-order valence-corrected chi connectivity index (χ4v) is 7.83. The number of alkyl carbamates (subject to hydrolysis) is 2. The zero-order valence-electron chi connectivity index (χ0n) is 33.6. The van der Waals surface area contributed by atoms with Gasteiger partial charge in [0.25, 0.3) is 0 Å². The summed E-state index contributed by atoms with van der Waals surface area (Å²) >= 11 is 0. The van der Waals surface area contributed by atoms with Crippen molar-refractivity contribution < 1.29 is 28.7 Å². The molecule has 2 aliphatic heterocycles. The van der Waals surface area contributed by atoms with Gasteiger partial charge < -0.3 is 39.9 Å². The summed E-state index contributed by atoms with van der Waals surface area (Å²) in [6, 6.07) is 12.2. The van der Waals surface area contributed by atoms with Crippen molar-refractivity contribution in [3.8, 4) is 33.8 Å². The molecule has 4 amide bonds. The van der Waals surface area contributed by atoms with Crippen LogP contribution in [-0.2, 0) is 19.1 Å². The molecule has 16 heteroatoms. The second-order valence-corrected chi connectivity index (χ2v) is 15.5. The van der Waals surface area contributed by atoms with Crippen LogP contribution in [0.5, 0.6) is 0 Å². The summed E-state index contributed by atoms with van der Waals surface area (Å²) in [6.45, 7) is 8.73. The second-order valence-electron chi connectivity index (χ2n) is 15.5. The number of aromatic amines is 2. The van der Waals surface area contributed by atoms with E-state index in [4.69, 9.17) is 14.5 Å². The fraction of sp³-hybridized carbons (Fsp3) is 0.429. The van der Waals surface area contributed by atoms with Gasteiger partial charge >= 0.3 is 12.2 Å². The molecule has 2 aromatic carbocycles. The van der Waals surface area contributed by atoms with E-state index in [-0.39, 0.29) is 35.7 Å². The molecule has 0 radical (unpaired) electrons. The lowest BCUT2D eigenvalue weighted by atomic mass is 10.0. The first-order valence-corrected chi connectivity index (χ1v) is 19.7. The largest absolute Gasteiger partial charge is 0.453 e. The summed E-state index contributed by atoms with van der Waals surface area (Å²) in [6.07, 6.45) is 7.16. The van der Waals surface area contributed by atoms with Crippen molar-refractivity contribution in [2.75, 3.05) is 27.3 Å². The molecule has 2 saturated heterocycles. The third kappa shape index (κ3) is 8.22. The smallest absolute Gasteiger partial charge is 0.407 e. The van der Waals surface area contributed by atoms with Gasteiger partial charge in [0.1, 0.15) is 23.7 Å². The Labute approximate surface area is 336 Å². The molecule has 16 nitrogen and oxygen atoms in total. The number of carbonyl (C=O) groups excluding carboxylic acids is 4. The van der Waals surface area contributed by atoms with Crippen molar-refractivity contribution >= 4 is 35.0 Å². The molecule has 0 aliphatic carbocycles. The van der Waals surface area contributed by atoms with Crippen molar-refractivity contribution in [1.82, 2.24) is 50.3 Å². The number of H-pyrrole nitrogens is 2. The van der Waals surface area contributed by atoms with E-state index in [1.54, 1.807) is 23.5 Å². The molecule has 0 bridgehead atoms. The van der Waals surface area contributed by atoms with Gasteiger partial charge in [-0.3, -0.25) is 9.59 Å². The number of hydrogen-bond acceptors (Lipinski definition) is 10. The van der Waals surface area contributed by atoms with E-state index in [0.717, 1.165) is 70.5 Å². The standard InChI is InChI=1S/C42H50N10O6/c1-23(2)34(49-41(55)57-5)39(53)51-17-7-9-32(51)37-45-22-31(48-37)28-20-43-36(44-21-28)26-13-11-25(12-14-26)27-15-16-29-30(19-27)47-38(46-29)33-10-8-18-52(33)40(54)35(24(3)4)50-42(56)58-6/h11-16,19-24,32-35H,7-10,17-18H2,1-6H3,(H,45,48)(H,46,47)(H,49,55)(H,50,56)/t32-,33-,34?,35-/m0/s1. The summed E-state index contributed by atoms with van der Waals surface area (Å²) in [5, 5.41) is 5.38. The van der Waals surface area contributed by atoms with Crippen molar-refractivity contribution in [3.05, 3.63) is 72.7 Å². The van der Waals surface area contributed by atoms with Crippen molar-refractivity contribution in [2.45, 2.75) is 77.5 Å². The number of imidazole rings is 2. The highest BCUT2D eigenvalue weighted by Gasteiger charge is 2.39. The Hall–Kier alpha value is -6.32. The van der Waals surface area contributed by atoms with E-state index in [1.807, 2.05) is 69.0 Å². The van der Waals surface area contributed by atoms with Gasteiger partial charge in [0, 0.05) is 36.6 Å². The van der Waals surface area contributed by atoms with E-state index >= 15 is 0 Å². The highest BCUT2D eigenvalue weighted by molar-refractivity contribution is 5.88. The Balaban J connectivity index is 1.02. The molecule has 58 heavy (non-hydrogen) atoms. The van der Waals surface area contributed by atoms with E-state index in [9.17, 15) is 19.2 Å². The summed E-state index contributed by atoms with van der Waals surface area (Å²) in [5.41, 5.74) is 6.05. The lowest BCUT2D eigenvalue weighted by Gasteiger charge is -2.30. The van der Waals surface area contributed by atoms with Crippen LogP contribution < -0.4 is 10.6 Å². The Bertz CT molecular complexity index is 2270. The number of ether oxygens (including phenoxy) is 2. The second kappa shape index (κ2) is 17.0. The molecule has 0 spiro atoms. The van der Waals surface area contributed by atoms with Crippen LogP contribution in [0, 0.1) is 11.8 Å². The molecule has 1 unspecified atom stereocenters. The molecule has 0 saturated carbocycles. The molecule has 304 valence electrons. The van der Waals surface area contributed by atoms with Crippen LogP contribution in [0.2, 0.25) is 0 Å². The first-order valence-electron chi connectivity index (χ1n) is 19.7. The Kier molecular flexibility index (Phi) is 11.7. The van der Waals surface area contributed by atoms with Crippen LogP contribution in [-0.4, -0.2) is 103 Å². The van der Waals surface area contributed by atoms with Gasteiger partial charge in [0.15, 0.2) is 5.82 Å². The van der Waals surface area contributed by atoms with Crippen LogP contribution in [0.4, 0.5) is 9.59 Å². The van der Waals surface area contributed by atoms with Gasteiger partial charge in [-0.25, -0.2) is 29.5 Å². The first-order chi connectivity index (χ1) is 27.9. The number of aromatic nitrogens is 6. The van der Waals surface area contributed by atoms with Gasteiger partial charge in [0.05, 0.1) is 49.2 Å². The molecular formula is C42H50N10O6. The first kappa shape index (κ1) is 39.9. The highest BCUT2D eigenvalue weighted by atomic mass is 16.5. The number of methoxy groups -OCH3 is 2. The predicted molar refractivity (Wildman–Crippen MR) is 216 cm³/mol. The molecule has 2 fully saturated rings. The van der Waals surface area contributed by atoms with Crippen LogP contribution in [0.25, 0.3) is 44.8 Å². The maximum atomic E-state index is 13.6. The van der Waals surface area contributed by atoms with E-state index < -0.39 is 24.3 Å². The minimum Gasteiger partial charge on any atom is -0.453 e. The number of likely N-dealkylation sites (tertiary alicyclic amines) is 2. The van der Waals surface area contributed by atoms with Gasteiger partial charge in [-0.15, -0.1) is 0 Å². The third-order valence-electron chi connectivity index (χ3n) is 11.0. The topological polar surface area (TPSA) is 200 Å². The normalized spacial score (nSPS) is 17.8. The number of amides is 4. The number of hydrogen-bond donors (Lipinski definition) is 4. The maximum Gasteiger partial charge on any atom is 0.407 e. The van der Waals surface area contributed by atoms with Gasteiger partial charge in [0.2, 0.25) is 11.8 Å². The quantitative estimate of drug-likeness (QED) is 0.120. The summed E-state index contributed by atoms with van der Waals surface area (Å²) in [4.78, 5) is 80.3. The van der Waals surface area contributed by atoms with Gasteiger partial charge in [-0.05, 0) is 60.8 Å². The number of fused-ring (bicyclic) bond motifs is 1. The summed E-state index contributed by atoms with van der Waals surface area (Å²) < 4.78 is 9.51. The Morgan fingerprint density at radius 2 is 1.21 bits per heavy atom. The number of nitrogens with zero attached hydrogens (tertiary/aromatic N) is 6. The van der Waals surface area contributed by atoms with Gasteiger partial charge in [-0.2, -0.15) is 0 Å². The zero-order valence-corrected chi connectivity index (χ0v) is 33.6. The van der Waals surface area contributed by atoms with E-state index in [1.165, 1.54) is 14.2 Å². The number of benzene rings is 2. The Morgan fingerprint density at radius 1 is 0.672 bits per heavy atom. The Morgan fingerprint density at radius 3 is 1.76 bits per heavy atom. The van der Waals surface area contributed by atoms with Crippen molar-refractivity contribution in [2.24, 2.45) is 11.8 Å². The predicted octanol–water partition coefficient (Wildman–Crippen LogP) is 6.17. The molecule has 2 aliphatic rings. The van der Waals surface area contributed by atoms with Crippen LogP contribution >= 0.6 is 0 Å². The van der Waals surface area contributed by atoms with Crippen LogP contribution in [0.15, 0.2) is 61.1 Å². The minimum atomic E-state index is -0.706. The molecular weight excluding hydrogens is 741 g/mol. The molecule has 4 N–H and O–H groups in total. The number of rotatable bonds is 11. The molecule has 7 rings (SSSR count). The monoisotopic (exact) mass is 790 g/mol. The third-order valence-corrected chi connectivity index (χ3v) is 11.0. The summed E-state index contributed by atoms with van der Waals surface area (Å²) in [5.74, 6) is 1.43. The number of nitrogens with one attached hydrogen (secondary N) is 4.